The van der Waals surface area contributed by atoms with Crippen LogP contribution in [0.5, 0.6) is 0 Å². The highest BCUT2D eigenvalue weighted by atomic mass is 35.5. The van der Waals surface area contributed by atoms with Gasteiger partial charge in [0.2, 0.25) is 0 Å². The van der Waals surface area contributed by atoms with Gasteiger partial charge in [-0.25, -0.2) is 0 Å². The molecule has 0 aromatic heterocycles. The van der Waals surface area contributed by atoms with Crippen molar-refractivity contribution in [2.75, 3.05) is 12.3 Å². The van der Waals surface area contributed by atoms with Crippen LogP contribution in [0.4, 0.5) is 5.69 Å². The second-order valence-corrected chi connectivity index (χ2v) is 5.24. The van der Waals surface area contributed by atoms with Gasteiger partial charge in [-0.3, -0.25) is 4.79 Å². The van der Waals surface area contributed by atoms with Crippen LogP contribution in [0.15, 0.2) is 42.5 Å². The van der Waals surface area contributed by atoms with Crippen LogP contribution in [0.2, 0.25) is 10.0 Å². The molecule has 0 fully saturated rings. The van der Waals surface area contributed by atoms with Crippen LogP contribution < -0.4 is 11.1 Å². The minimum Gasteiger partial charge on any atom is -0.398 e. The van der Waals surface area contributed by atoms with Gasteiger partial charge in [0, 0.05) is 22.3 Å². The fourth-order valence-corrected chi connectivity index (χ4v) is 2.11. The van der Waals surface area contributed by atoms with Crippen molar-refractivity contribution >= 4 is 34.8 Å². The Labute approximate surface area is 127 Å². The quantitative estimate of drug-likeness (QED) is 0.849. The van der Waals surface area contributed by atoms with E-state index in [4.69, 9.17) is 28.9 Å². The Hall–Kier alpha value is -1.71. The first kappa shape index (κ1) is 14.7. The molecule has 3 N–H and O–H groups in total. The van der Waals surface area contributed by atoms with Crippen molar-refractivity contribution in [2.45, 2.75) is 6.42 Å². The Kier molecular flexibility index (Phi) is 4.88. The van der Waals surface area contributed by atoms with E-state index in [2.05, 4.69) is 5.32 Å². The molecule has 3 nitrogen and oxygen atoms in total. The topological polar surface area (TPSA) is 55.1 Å². The maximum absolute atomic E-state index is 12.0. The summed E-state index contributed by atoms with van der Waals surface area (Å²) >= 11 is 11.6. The fourth-order valence-electron chi connectivity index (χ4n) is 1.81. The Morgan fingerprint density at radius 3 is 2.35 bits per heavy atom. The highest BCUT2D eigenvalue weighted by Crippen LogP contribution is 2.17. The zero-order chi connectivity index (χ0) is 14.5. The number of carbonyl (C=O) groups excluding carboxylic acids is 1. The summed E-state index contributed by atoms with van der Waals surface area (Å²) < 4.78 is 0. The Morgan fingerprint density at radius 2 is 1.70 bits per heavy atom. The third kappa shape index (κ3) is 3.89. The molecule has 0 aliphatic rings. The molecule has 0 aliphatic carbocycles. The van der Waals surface area contributed by atoms with Gasteiger partial charge >= 0.3 is 0 Å². The van der Waals surface area contributed by atoms with E-state index in [9.17, 15) is 4.79 Å². The number of carbonyl (C=O) groups is 1. The summed E-state index contributed by atoms with van der Waals surface area (Å²) in [5.41, 5.74) is 7.68. The summed E-state index contributed by atoms with van der Waals surface area (Å²) in [7, 11) is 0. The van der Waals surface area contributed by atoms with Crippen molar-refractivity contribution < 1.29 is 4.79 Å². The largest absolute Gasteiger partial charge is 0.398 e. The van der Waals surface area contributed by atoms with Crippen LogP contribution in [0, 0.1) is 0 Å². The molecular formula is C15H14Cl2N2O. The predicted molar refractivity (Wildman–Crippen MR) is 83.4 cm³/mol. The molecule has 2 aromatic carbocycles. The van der Waals surface area contributed by atoms with E-state index >= 15 is 0 Å². The van der Waals surface area contributed by atoms with Crippen molar-refractivity contribution in [3.8, 4) is 0 Å². The Morgan fingerprint density at radius 1 is 1.05 bits per heavy atom. The fraction of sp³-hybridized carbons (Fsp3) is 0.133. The molecule has 0 spiro atoms. The lowest BCUT2D eigenvalue weighted by atomic mass is 10.1. The SMILES string of the molecule is Nc1cc(Cl)ccc1C(=O)NCCc1ccc(Cl)cc1. The number of nitrogen functional groups attached to an aromatic ring is 1. The Bertz CT molecular complexity index is 612. The van der Waals surface area contributed by atoms with Crippen LogP contribution in [0.3, 0.4) is 0 Å². The zero-order valence-corrected chi connectivity index (χ0v) is 12.2. The maximum atomic E-state index is 12.0. The van der Waals surface area contributed by atoms with Gasteiger partial charge in [0.15, 0.2) is 0 Å². The van der Waals surface area contributed by atoms with Gasteiger partial charge < -0.3 is 11.1 Å². The lowest BCUT2D eigenvalue weighted by molar-refractivity contribution is 0.0955. The molecule has 0 radical (unpaired) electrons. The van der Waals surface area contributed by atoms with Gasteiger partial charge in [-0.1, -0.05) is 35.3 Å². The minimum absolute atomic E-state index is 0.201. The Balaban J connectivity index is 1.90. The third-order valence-corrected chi connectivity index (χ3v) is 3.36. The second kappa shape index (κ2) is 6.64. The first-order chi connectivity index (χ1) is 9.56. The summed E-state index contributed by atoms with van der Waals surface area (Å²) in [5.74, 6) is -0.201. The number of nitrogens with one attached hydrogen (secondary N) is 1. The van der Waals surface area contributed by atoms with E-state index < -0.39 is 0 Å². The molecule has 0 unspecified atom stereocenters. The van der Waals surface area contributed by atoms with Crippen LogP contribution in [0.1, 0.15) is 15.9 Å². The van der Waals surface area contributed by atoms with Crippen molar-refractivity contribution in [1.29, 1.82) is 0 Å². The average Bonchev–Trinajstić information content (AvgIpc) is 2.41. The molecule has 20 heavy (non-hydrogen) atoms. The molecule has 0 saturated carbocycles. The molecule has 2 rings (SSSR count). The van der Waals surface area contributed by atoms with Crippen LogP contribution in [0.25, 0.3) is 0 Å². The summed E-state index contributed by atoms with van der Waals surface area (Å²) in [5, 5.41) is 4.04. The molecule has 0 atom stereocenters. The molecule has 2 aromatic rings. The van der Waals surface area contributed by atoms with Gasteiger partial charge in [-0.05, 0) is 42.3 Å². The van der Waals surface area contributed by atoms with Crippen molar-refractivity contribution in [3.63, 3.8) is 0 Å². The van der Waals surface area contributed by atoms with E-state index in [-0.39, 0.29) is 5.91 Å². The third-order valence-electron chi connectivity index (χ3n) is 2.87. The minimum atomic E-state index is -0.201. The zero-order valence-electron chi connectivity index (χ0n) is 10.7. The maximum Gasteiger partial charge on any atom is 0.253 e. The number of rotatable bonds is 4. The van der Waals surface area contributed by atoms with Crippen molar-refractivity contribution in [1.82, 2.24) is 5.32 Å². The van der Waals surface area contributed by atoms with E-state index in [0.717, 1.165) is 12.0 Å². The van der Waals surface area contributed by atoms with E-state index in [1.165, 1.54) is 0 Å². The first-order valence-corrected chi connectivity index (χ1v) is 6.89. The smallest absolute Gasteiger partial charge is 0.253 e. The van der Waals surface area contributed by atoms with Gasteiger partial charge in [-0.2, -0.15) is 0 Å². The van der Waals surface area contributed by atoms with Crippen LogP contribution in [-0.2, 0) is 6.42 Å². The first-order valence-electron chi connectivity index (χ1n) is 6.14. The number of anilines is 1. The molecule has 104 valence electrons. The molecule has 0 saturated heterocycles. The number of hydrogen-bond donors (Lipinski definition) is 2. The van der Waals surface area contributed by atoms with Gasteiger partial charge in [-0.15, -0.1) is 0 Å². The summed E-state index contributed by atoms with van der Waals surface area (Å²) in [6.45, 7) is 0.530. The average molecular weight is 309 g/mol. The van der Waals surface area contributed by atoms with E-state index in [1.807, 2.05) is 24.3 Å². The lowest BCUT2D eigenvalue weighted by Crippen LogP contribution is -2.26. The standard InChI is InChI=1S/C15H14Cl2N2O/c16-11-3-1-10(2-4-11)7-8-19-15(20)13-6-5-12(17)9-14(13)18/h1-6,9H,7-8,18H2,(H,19,20). The highest BCUT2D eigenvalue weighted by molar-refractivity contribution is 6.31. The summed E-state index contributed by atoms with van der Waals surface area (Å²) in [4.78, 5) is 12.0. The van der Waals surface area contributed by atoms with Crippen molar-refractivity contribution in [3.05, 3.63) is 63.6 Å². The summed E-state index contributed by atoms with van der Waals surface area (Å²) in [6.07, 6.45) is 0.733. The number of halogens is 2. The number of hydrogen-bond acceptors (Lipinski definition) is 2. The van der Waals surface area contributed by atoms with Crippen LogP contribution >= 0.6 is 23.2 Å². The number of benzene rings is 2. The molecule has 0 aliphatic heterocycles. The molecule has 5 heteroatoms. The molecule has 1 amide bonds. The summed E-state index contributed by atoms with van der Waals surface area (Å²) in [6, 6.07) is 12.4. The van der Waals surface area contributed by atoms with Gasteiger partial charge in [0.25, 0.3) is 5.91 Å². The molecule has 0 bridgehead atoms. The predicted octanol–water partition coefficient (Wildman–Crippen LogP) is 3.55. The van der Waals surface area contributed by atoms with Crippen LogP contribution in [-0.4, -0.2) is 12.5 Å². The number of amides is 1. The highest BCUT2D eigenvalue weighted by Gasteiger charge is 2.09. The van der Waals surface area contributed by atoms with E-state index in [1.54, 1.807) is 18.2 Å². The van der Waals surface area contributed by atoms with Gasteiger partial charge in [0.05, 0.1) is 5.56 Å². The second-order valence-electron chi connectivity index (χ2n) is 4.36. The number of nitrogens with two attached hydrogens (primary N) is 1. The van der Waals surface area contributed by atoms with E-state index in [0.29, 0.717) is 27.8 Å². The molecule has 0 heterocycles. The van der Waals surface area contributed by atoms with Crippen molar-refractivity contribution in [2.24, 2.45) is 0 Å². The lowest BCUT2D eigenvalue weighted by Gasteiger charge is -2.08. The monoisotopic (exact) mass is 308 g/mol. The molecular weight excluding hydrogens is 295 g/mol. The van der Waals surface area contributed by atoms with Gasteiger partial charge in [0.1, 0.15) is 0 Å². The normalized spacial score (nSPS) is 10.3.